The first-order valence-corrected chi connectivity index (χ1v) is 12.8. The minimum Gasteiger partial charge on any atom is -0.302 e. The first-order chi connectivity index (χ1) is 16.5. The minimum absolute atomic E-state index is 0.145. The van der Waals surface area contributed by atoms with Crippen LogP contribution in [-0.2, 0) is 16.0 Å². The molecule has 0 atom stereocenters. The van der Waals surface area contributed by atoms with Gasteiger partial charge in [-0.2, -0.15) is 0 Å². The van der Waals surface area contributed by atoms with E-state index >= 15 is 0 Å². The number of benzene rings is 2. The van der Waals surface area contributed by atoms with Crippen LogP contribution >= 0.6 is 35.3 Å². The van der Waals surface area contributed by atoms with Crippen molar-refractivity contribution in [2.24, 2.45) is 0 Å². The lowest BCUT2D eigenvalue weighted by Crippen LogP contribution is -2.31. The number of thiocarbonyl (C=S) groups is 1. The van der Waals surface area contributed by atoms with Crippen molar-refractivity contribution in [3.8, 4) is 0 Å². The third-order valence-electron chi connectivity index (χ3n) is 5.07. The van der Waals surface area contributed by atoms with Gasteiger partial charge in [0.1, 0.15) is 4.32 Å². The molecule has 3 aromatic rings. The molecule has 0 unspecified atom stereocenters. The maximum Gasteiger partial charge on any atom is 0.266 e. The molecule has 1 fully saturated rings. The van der Waals surface area contributed by atoms with E-state index in [9.17, 15) is 9.59 Å². The molecule has 172 valence electrons. The summed E-state index contributed by atoms with van der Waals surface area (Å²) in [6, 6.07) is 18.2. The molecule has 8 heteroatoms. The summed E-state index contributed by atoms with van der Waals surface area (Å²) in [6.45, 7) is 2.29. The topological polar surface area (TPSA) is 62.3 Å². The molecule has 4 rings (SSSR count). The Morgan fingerprint density at radius 1 is 1.15 bits per heavy atom. The van der Waals surface area contributed by atoms with E-state index in [2.05, 4.69) is 41.5 Å². The number of hydrogen-bond acceptors (Lipinski definition) is 6. The third kappa shape index (κ3) is 6.50. The molecular weight excluding hydrogens is 483 g/mol. The molecule has 5 nitrogen and oxygen atoms in total. The molecule has 0 aliphatic carbocycles. The lowest BCUT2D eigenvalue weighted by Gasteiger charge is -2.13. The van der Waals surface area contributed by atoms with Crippen LogP contribution in [0.5, 0.6) is 0 Å². The number of carbonyl (C=O) groups excluding carboxylic acids is 2. The second-order valence-electron chi connectivity index (χ2n) is 7.72. The van der Waals surface area contributed by atoms with Gasteiger partial charge in [-0.25, -0.2) is 4.98 Å². The largest absolute Gasteiger partial charge is 0.302 e. The summed E-state index contributed by atoms with van der Waals surface area (Å²) >= 11 is 8.06. The fourth-order valence-electron chi connectivity index (χ4n) is 3.27. The Balaban J connectivity index is 1.27. The van der Waals surface area contributed by atoms with Gasteiger partial charge < -0.3 is 5.32 Å². The number of hydrogen-bond donors (Lipinski definition) is 1. The number of anilines is 1. The SMILES string of the molecule is Cc1ccc(Cc2cnc(NC(=O)CCN3C(=O)/C(=C/C=C/c4ccccc4)SC3=S)s2)cc1. The second kappa shape index (κ2) is 11.4. The summed E-state index contributed by atoms with van der Waals surface area (Å²) in [4.78, 5) is 32.6. The van der Waals surface area contributed by atoms with E-state index in [0.717, 1.165) is 16.9 Å². The summed E-state index contributed by atoms with van der Waals surface area (Å²) in [6.07, 6.45) is 8.24. The van der Waals surface area contributed by atoms with Gasteiger partial charge in [0.2, 0.25) is 5.91 Å². The summed E-state index contributed by atoms with van der Waals surface area (Å²) in [5, 5.41) is 3.39. The number of nitrogens with one attached hydrogen (secondary N) is 1. The average molecular weight is 506 g/mol. The zero-order valence-corrected chi connectivity index (χ0v) is 21.0. The smallest absolute Gasteiger partial charge is 0.266 e. The van der Waals surface area contributed by atoms with Crippen molar-refractivity contribution >= 4 is 62.7 Å². The van der Waals surface area contributed by atoms with Gasteiger partial charge in [-0.05, 0) is 24.1 Å². The van der Waals surface area contributed by atoms with Gasteiger partial charge >= 0.3 is 0 Å². The fraction of sp³-hybridized carbons (Fsp3) is 0.154. The number of rotatable bonds is 8. The number of aromatic nitrogens is 1. The molecular formula is C26H23N3O2S3. The molecule has 34 heavy (non-hydrogen) atoms. The van der Waals surface area contributed by atoms with Crippen LogP contribution in [0.4, 0.5) is 5.13 Å². The molecule has 1 aliphatic rings. The number of nitrogens with zero attached hydrogens (tertiary/aromatic N) is 2. The van der Waals surface area contributed by atoms with Crippen LogP contribution in [0, 0.1) is 6.92 Å². The number of carbonyl (C=O) groups is 2. The van der Waals surface area contributed by atoms with Crippen molar-refractivity contribution in [2.45, 2.75) is 19.8 Å². The van der Waals surface area contributed by atoms with Crippen molar-refractivity contribution in [1.82, 2.24) is 9.88 Å². The monoisotopic (exact) mass is 505 g/mol. The molecule has 2 heterocycles. The van der Waals surface area contributed by atoms with E-state index in [1.165, 1.54) is 39.1 Å². The highest BCUT2D eigenvalue weighted by Gasteiger charge is 2.31. The third-order valence-corrected chi connectivity index (χ3v) is 7.38. The number of amides is 2. The molecule has 1 aliphatic heterocycles. The van der Waals surface area contributed by atoms with Gasteiger partial charge in [-0.15, -0.1) is 11.3 Å². The zero-order chi connectivity index (χ0) is 23.9. The number of thioether (sulfide) groups is 1. The Bertz CT molecular complexity index is 1250. The van der Waals surface area contributed by atoms with Gasteiger partial charge in [-0.3, -0.25) is 14.5 Å². The standard InChI is InChI=1S/C26H23N3O2S3/c1-18-10-12-20(13-11-18)16-21-17-27-25(33-21)28-23(30)14-15-29-24(31)22(34-26(29)32)9-5-8-19-6-3-2-4-7-19/h2-13,17H,14-16H2,1H3,(H,27,28,30)/b8-5+,22-9-. The molecule has 2 amide bonds. The van der Waals surface area contributed by atoms with Crippen LogP contribution in [0.2, 0.25) is 0 Å². The first-order valence-electron chi connectivity index (χ1n) is 10.7. The van der Waals surface area contributed by atoms with E-state index in [1.54, 1.807) is 12.3 Å². The average Bonchev–Trinajstić information content (AvgIpc) is 3.37. The van der Waals surface area contributed by atoms with E-state index in [4.69, 9.17) is 12.2 Å². The van der Waals surface area contributed by atoms with Crippen LogP contribution in [0.15, 0.2) is 77.9 Å². The number of thiazole rings is 1. The molecule has 1 aromatic heterocycles. The van der Waals surface area contributed by atoms with Crippen LogP contribution < -0.4 is 5.32 Å². The van der Waals surface area contributed by atoms with Gasteiger partial charge in [0.15, 0.2) is 5.13 Å². The molecule has 2 aromatic carbocycles. The van der Waals surface area contributed by atoms with E-state index in [-0.39, 0.29) is 24.8 Å². The Kier molecular flexibility index (Phi) is 8.05. The van der Waals surface area contributed by atoms with Crippen molar-refractivity contribution < 1.29 is 9.59 Å². The highest BCUT2D eigenvalue weighted by Crippen LogP contribution is 2.31. The van der Waals surface area contributed by atoms with Crippen molar-refractivity contribution in [1.29, 1.82) is 0 Å². The van der Waals surface area contributed by atoms with Crippen molar-refractivity contribution in [3.63, 3.8) is 0 Å². The normalized spacial score (nSPS) is 15.0. The fourth-order valence-corrected chi connectivity index (χ4v) is 5.39. The molecule has 0 saturated carbocycles. The predicted octanol–water partition coefficient (Wildman–Crippen LogP) is 5.83. The quantitative estimate of drug-likeness (QED) is 0.308. The maximum atomic E-state index is 12.7. The Morgan fingerprint density at radius 2 is 1.91 bits per heavy atom. The van der Waals surface area contributed by atoms with Gasteiger partial charge in [0.25, 0.3) is 5.91 Å². The Hall–Kier alpha value is -3.07. The summed E-state index contributed by atoms with van der Waals surface area (Å²) < 4.78 is 0.465. The van der Waals surface area contributed by atoms with Crippen molar-refractivity contribution in [2.75, 3.05) is 11.9 Å². The molecule has 0 spiro atoms. The molecule has 1 saturated heterocycles. The van der Waals surface area contributed by atoms with Crippen LogP contribution in [0.3, 0.4) is 0 Å². The lowest BCUT2D eigenvalue weighted by molar-refractivity contribution is -0.122. The highest BCUT2D eigenvalue weighted by atomic mass is 32.2. The lowest BCUT2D eigenvalue weighted by atomic mass is 10.1. The van der Waals surface area contributed by atoms with Crippen molar-refractivity contribution in [3.05, 3.63) is 99.4 Å². The van der Waals surface area contributed by atoms with E-state index in [1.807, 2.05) is 42.5 Å². The molecule has 1 N–H and O–H groups in total. The summed E-state index contributed by atoms with van der Waals surface area (Å²) in [5.74, 6) is -0.367. The maximum absolute atomic E-state index is 12.7. The van der Waals surface area contributed by atoms with Gasteiger partial charge in [0, 0.05) is 30.5 Å². The van der Waals surface area contributed by atoms with Gasteiger partial charge in [-0.1, -0.05) is 96.3 Å². The van der Waals surface area contributed by atoms with E-state index in [0.29, 0.717) is 14.4 Å². The summed E-state index contributed by atoms with van der Waals surface area (Å²) in [5.41, 5.74) is 3.48. The molecule has 0 bridgehead atoms. The van der Waals surface area contributed by atoms with Crippen LogP contribution in [0.25, 0.3) is 6.08 Å². The van der Waals surface area contributed by atoms with Crippen LogP contribution in [0.1, 0.15) is 28.0 Å². The number of aryl methyl sites for hydroxylation is 1. The Labute approximate surface area is 212 Å². The zero-order valence-electron chi connectivity index (χ0n) is 18.6. The molecule has 0 radical (unpaired) electrons. The number of allylic oxidation sites excluding steroid dienone is 2. The predicted molar refractivity (Wildman–Crippen MR) is 145 cm³/mol. The second-order valence-corrected chi connectivity index (χ2v) is 10.5. The minimum atomic E-state index is -0.196. The van der Waals surface area contributed by atoms with Gasteiger partial charge in [0.05, 0.1) is 4.91 Å². The first kappa shape index (κ1) is 24.1. The van der Waals surface area contributed by atoms with E-state index < -0.39 is 0 Å². The highest BCUT2D eigenvalue weighted by molar-refractivity contribution is 8.26. The Morgan fingerprint density at radius 3 is 2.68 bits per heavy atom. The summed E-state index contributed by atoms with van der Waals surface area (Å²) in [7, 11) is 0. The van der Waals surface area contributed by atoms with Crippen LogP contribution in [-0.4, -0.2) is 32.6 Å².